The van der Waals surface area contributed by atoms with Crippen LogP contribution in [0.15, 0.2) is 41.5 Å². The number of benzene rings is 1. The molecule has 0 saturated heterocycles. The molecule has 0 fully saturated rings. The number of hydrogen-bond acceptors (Lipinski definition) is 3. The molecule has 146 valence electrons. The first-order chi connectivity index (χ1) is 12.8. The van der Waals surface area contributed by atoms with Gasteiger partial charge < -0.3 is 15.4 Å². The molecule has 1 aromatic heterocycles. The molecule has 2 N–H and O–H groups in total. The second-order valence-electron chi connectivity index (χ2n) is 5.39. The fourth-order valence-corrected chi connectivity index (χ4v) is 2.10. The van der Waals surface area contributed by atoms with Crippen LogP contribution in [0, 0.1) is 11.6 Å². The van der Waals surface area contributed by atoms with Crippen LogP contribution in [0.2, 0.25) is 0 Å². The van der Waals surface area contributed by atoms with Crippen LogP contribution in [0.1, 0.15) is 11.1 Å². The number of rotatable bonds is 6. The van der Waals surface area contributed by atoms with Crippen molar-refractivity contribution >= 4 is 5.96 Å². The molecule has 2 rings (SSSR count). The summed E-state index contributed by atoms with van der Waals surface area (Å²) in [6.07, 6.45) is -3.16. The monoisotopic (exact) mass is 388 g/mol. The molecule has 0 unspecified atom stereocenters. The number of ether oxygens (including phenoxy) is 1. The van der Waals surface area contributed by atoms with E-state index in [9.17, 15) is 22.0 Å². The number of nitrogens with one attached hydrogen (secondary N) is 2. The van der Waals surface area contributed by atoms with Crippen molar-refractivity contribution in [1.82, 2.24) is 15.6 Å². The Labute approximate surface area is 152 Å². The number of aliphatic imine (C=N–C) groups is 1. The average molecular weight is 388 g/mol. The fourth-order valence-electron chi connectivity index (χ4n) is 2.10. The van der Waals surface area contributed by atoms with Crippen molar-refractivity contribution in [3.63, 3.8) is 0 Å². The molecule has 2 aromatic rings. The van der Waals surface area contributed by atoms with Gasteiger partial charge in [0.1, 0.15) is 11.6 Å². The lowest BCUT2D eigenvalue weighted by molar-refractivity contribution is -0.154. The van der Waals surface area contributed by atoms with Crippen molar-refractivity contribution in [1.29, 1.82) is 0 Å². The molecule has 10 heteroatoms. The molecule has 0 spiro atoms. The molecule has 0 aliphatic heterocycles. The highest BCUT2D eigenvalue weighted by molar-refractivity contribution is 5.79. The van der Waals surface area contributed by atoms with Crippen molar-refractivity contribution < 1.29 is 26.7 Å². The lowest BCUT2D eigenvalue weighted by atomic mass is 10.2. The molecule has 0 amide bonds. The van der Waals surface area contributed by atoms with Gasteiger partial charge in [-0.15, -0.1) is 0 Å². The molecular formula is C17H17F5N4O. The SMILES string of the molecule is CN=C(NCc1cc(F)ccc1F)NCc1cccnc1OCC(F)(F)F. The fraction of sp³-hybridized carbons (Fsp3) is 0.294. The number of aromatic nitrogens is 1. The summed E-state index contributed by atoms with van der Waals surface area (Å²) in [5.74, 6) is -1.06. The van der Waals surface area contributed by atoms with E-state index >= 15 is 0 Å². The second kappa shape index (κ2) is 9.15. The van der Waals surface area contributed by atoms with Gasteiger partial charge in [-0.05, 0) is 24.3 Å². The van der Waals surface area contributed by atoms with Gasteiger partial charge in [-0.3, -0.25) is 4.99 Å². The minimum absolute atomic E-state index is 0.0340. The van der Waals surface area contributed by atoms with Crippen molar-refractivity contribution in [2.45, 2.75) is 19.3 Å². The van der Waals surface area contributed by atoms with Gasteiger partial charge in [-0.25, -0.2) is 13.8 Å². The number of halogens is 5. The highest BCUT2D eigenvalue weighted by Gasteiger charge is 2.29. The molecule has 0 bridgehead atoms. The first-order valence-corrected chi connectivity index (χ1v) is 7.80. The molecule has 0 aliphatic rings. The Kier molecular flexibility index (Phi) is 6.91. The summed E-state index contributed by atoms with van der Waals surface area (Å²) in [6, 6.07) is 6.18. The lowest BCUT2D eigenvalue weighted by Crippen LogP contribution is -2.36. The van der Waals surface area contributed by atoms with Crippen molar-refractivity contribution in [3.05, 3.63) is 59.3 Å². The van der Waals surface area contributed by atoms with E-state index in [0.29, 0.717) is 5.56 Å². The molecule has 0 radical (unpaired) electrons. The quantitative estimate of drug-likeness (QED) is 0.454. The predicted molar refractivity (Wildman–Crippen MR) is 89.2 cm³/mol. The Hall–Kier alpha value is -2.91. The van der Waals surface area contributed by atoms with Gasteiger partial charge in [0.2, 0.25) is 5.88 Å². The Bertz CT molecular complexity index is 795. The standard InChI is InChI=1S/C17H17F5N4O/c1-23-16(26-9-12-7-13(18)4-5-14(12)19)25-8-11-3-2-6-24-15(11)27-10-17(20,21)22/h2-7H,8-10H2,1H3,(H2,23,25,26). The van der Waals surface area contributed by atoms with E-state index in [4.69, 9.17) is 4.74 Å². The predicted octanol–water partition coefficient (Wildman–Crippen LogP) is 3.17. The largest absolute Gasteiger partial charge is 0.468 e. The minimum Gasteiger partial charge on any atom is -0.468 e. The molecule has 1 heterocycles. The van der Waals surface area contributed by atoms with E-state index in [1.54, 1.807) is 12.1 Å². The Morgan fingerprint density at radius 3 is 2.48 bits per heavy atom. The number of guanidine groups is 1. The van der Waals surface area contributed by atoms with Crippen LogP contribution in [-0.2, 0) is 13.1 Å². The molecule has 0 atom stereocenters. The summed E-state index contributed by atoms with van der Waals surface area (Å²) < 4.78 is 68.4. The smallest absolute Gasteiger partial charge is 0.422 e. The highest BCUT2D eigenvalue weighted by atomic mass is 19.4. The molecular weight excluding hydrogens is 371 g/mol. The summed E-state index contributed by atoms with van der Waals surface area (Å²) in [6.45, 7) is -1.43. The summed E-state index contributed by atoms with van der Waals surface area (Å²) in [4.78, 5) is 7.71. The van der Waals surface area contributed by atoms with E-state index in [1.165, 1.54) is 13.2 Å². The highest BCUT2D eigenvalue weighted by Crippen LogP contribution is 2.19. The first kappa shape index (κ1) is 20.4. The molecule has 0 aliphatic carbocycles. The zero-order chi connectivity index (χ0) is 19.9. The van der Waals surface area contributed by atoms with Crippen LogP contribution < -0.4 is 15.4 Å². The van der Waals surface area contributed by atoms with Crippen molar-refractivity contribution in [2.24, 2.45) is 4.99 Å². The van der Waals surface area contributed by atoms with Crippen molar-refractivity contribution in [3.8, 4) is 5.88 Å². The van der Waals surface area contributed by atoms with Gasteiger partial charge in [0.05, 0.1) is 0 Å². The summed E-state index contributed by atoms with van der Waals surface area (Å²) in [7, 11) is 1.46. The van der Waals surface area contributed by atoms with Gasteiger partial charge in [0.15, 0.2) is 12.6 Å². The van der Waals surface area contributed by atoms with Crippen LogP contribution in [-0.4, -0.2) is 30.8 Å². The average Bonchev–Trinajstić information content (AvgIpc) is 2.63. The van der Waals surface area contributed by atoms with Crippen LogP contribution in [0.3, 0.4) is 0 Å². The normalized spacial score (nSPS) is 12.0. The maximum atomic E-state index is 13.6. The number of nitrogens with zero attached hydrogens (tertiary/aromatic N) is 2. The third kappa shape index (κ3) is 6.72. The topological polar surface area (TPSA) is 58.5 Å². The van der Waals surface area contributed by atoms with E-state index in [2.05, 4.69) is 20.6 Å². The van der Waals surface area contributed by atoms with Crippen LogP contribution in [0.5, 0.6) is 5.88 Å². The van der Waals surface area contributed by atoms with Crippen LogP contribution in [0.4, 0.5) is 22.0 Å². The van der Waals surface area contributed by atoms with Gasteiger partial charge in [-0.2, -0.15) is 13.2 Å². The maximum absolute atomic E-state index is 13.6. The Morgan fingerprint density at radius 1 is 1.11 bits per heavy atom. The summed E-state index contributed by atoms with van der Waals surface area (Å²) in [5, 5.41) is 5.64. The van der Waals surface area contributed by atoms with Crippen LogP contribution >= 0.6 is 0 Å². The maximum Gasteiger partial charge on any atom is 0.422 e. The van der Waals surface area contributed by atoms with Gasteiger partial charge in [-0.1, -0.05) is 6.07 Å². The first-order valence-electron chi connectivity index (χ1n) is 7.80. The number of alkyl halides is 3. The van der Waals surface area contributed by atoms with E-state index in [1.807, 2.05) is 0 Å². The zero-order valence-electron chi connectivity index (χ0n) is 14.3. The molecule has 1 aromatic carbocycles. The molecule has 5 nitrogen and oxygen atoms in total. The van der Waals surface area contributed by atoms with E-state index < -0.39 is 24.4 Å². The van der Waals surface area contributed by atoms with Gasteiger partial charge in [0.25, 0.3) is 0 Å². The van der Waals surface area contributed by atoms with Gasteiger partial charge in [0, 0.05) is 37.5 Å². The summed E-state index contributed by atoms with van der Waals surface area (Å²) in [5.41, 5.74) is 0.482. The van der Waals surface area contributed by atoms with E-state index in [-0.39, 0.29) is 30.5 Å². The summed E-state index contributed by atoms with van der Waals surface area (Å²) >= 11 is 0. The van der Waals surface area contributed by atoms with E-state index in [0.717, 1.165) is 18.2 Å². The van der Waals surface area contributed by atoms with Crippen LogP contribution in [0.25, 0.3) is 0 Å². The number of hydrogen-bond donors (Lipinski definition) is 2. The van der Waals surface area contributed by atoms with Gasteiger partial charge >= 0.3 is 6.18 Å². The third-order valence-electron chi connectivity index (χ3n) is 3.35. The zero-order valence-corrected chi connectivity index (χ0v) is 14.3. The number of pyridine rings is 1. The molecule has 27 heavy (non-hydrogen) atoms. The second-order valence-corrected chi connectivity index (χ2v) is 5.39. The van der Waals surface area contributed by atoms with Crippen molar-refractivity contribution in [2.75, 3.05) is 13.7 Å². The minimum atomic E-state index is -4.48. The third-order valence-corrected chi connectivity index (χ3v) is 3.35. The Morgan fingerprint density at radius 2 is 1.81 bits per heavy atom. The molecule has 0 saturated carbocycles. The lowest BCUT2D eigenvalue weighted by Gasteiger charge is -2.15. The Balaban J connectivity index is 1.95.